The SMILES string of the molecule is NC(=O)NN=CCCl. The van der Waals surface area contributed by atoms with Gasteiger partial charge in [-0.25, -0.2) is 10.2 Å². The molecule has 0 aromatic carbocycles. The summed E-state index contributed by atoms with van der Waals surface area (Å²) in [7, 11) is 0. The minimum Gasteiger partial charge on any atom is -0.350 e. The summed E-state index contributed by atoms with van der Waals surface area (Å²) in [4.78, 5) is 9.83. The van der Waals surface area contributed by atoms with Crippen LogP contribution >= 0.6 is 11.6 Å². The number of rotatable bonds is 2. The van der Waals surface area contributed by atoms with Crippen LogP contribution in [-0.2, 0) is 0 Å². The molecule has 8 heavy (non-hydrogen) atoms. The highest BCUT2D eigenvalue weighted by molar-refractivity contribution is 6.24. The standard InChI is InChI=1S/C3H6ClN3O/c4-1-2-6-7-3(5)8/h2H,1H2,(H3,5,7,8). The predicted molar refractivity (Wildman–Crippen MR) is 31.9 cm³/mol. The number of hydrogen-bond acceptors (Lipinski definition) is 2. The Morgan fingerprint density at radius 1 is 2.00 bits per heavy atom. The minimum atomic E-state index is -0.689. The molecule has 0 radical (unpaired) electrons. The van der Waals surface area contributed by atoms with Crippen molar-refractivity contribution >= 4 is 23.8 Å². The van der Waals surface area contributed by atoms with E-state index in [9.17, 15) is 4.79 Å². The summed E-state index contributed by atoms with van der Waals surface area (Å²) in [5.74, 6) is 0.264. The van der Waals surface area contributed by atoms with E-state index < -0.39 is 6.03 Å². The lowest BCUT2D eigenvalue weighted by Gasteiger charge is -1.86. The molecule has 4 nitrogen and oxygen atoms in total. The zero-order valence-electron chi connectivity index (χ0n) is 4.10. The van der Waals surface area contributed by atoms with Gasteiger partial charge in [0.05, 0.1) is 5.88 Å². The number of carbonyl (C=O) groups is 1. The topological polar surface area (TPSA) is 67.5 Å². The monoisotopic (exact) mass is 135 g/mol. The number of urea groups is 1. The molecule has 0 unspecified atom stereocenters. The van der Waals surface area contributed by atoms with Gasteiger partial charge in [-0.1, -0.05) is 0 Å². The van der Waals surface area contributed by atoms with E-state index in [1.807, 2.05) is 5.43 Å². The summed E-state index contributed by atoms with van der Waals surface area (Å²) >= 11 is 5.14. The minimum absolute atomic E-state index is 0.264. The molecular weight excluding hydrogens is 130 g/mol. The third kappa shape index (κ3) is 5.23. The molecule has 0 saturated carbocycles. The number of hydrazone groups is 1. The van der Waals surface area contributed by atoms with Crippen molar-refractivity contribution in [3.8, 4) is 0 Å². The summed E-state index contributed by atoms with van der Waals surface area (Å²) in [5.41, 5.74) is 6.60. The highest BCUT2D eigenvalue weighted by atomic mass is 35.5. The number of amides is 2. The van der Waals surface area contributed by atoms with E-state index in [-0.39, 0.29) is 5.88 Å². The van der Waals surface area contributed by atoms with Crippen LogP contribution in [0.4, 0.5) is 4.79 Å². The van der Waals surface area contributed by atoms with Crippen LogP contribution in [0.5, 0.6) is 0 Å². The van der Waals surface area contributed by atoms with Crippen LogP contribution in [0.15, 0.2) is 5.10 Å². The Morgan fingerprint density at radius 3 is 3.00 bits per heavy atom. The van der Waals surface area contributed by atoms with Crippen molar-refractivity contribution in [2.24, 2.45) is 10.8 Å². The molecule has 0 aliphatic rings. The molecule has 0 aliphatic carbocycles. The van der Waals surface area contributed by atoms with Gasteiger partial charge in [0.2, 0.25) is 0 Å². The first-order valence-corrected chi connectivity index (χ1v) is 2.43. The maximum absolute atomic E-state index is 9.83. The van der Waals surface area contributed by atoms with E-state index in [0.717, 1.165) is 0 Å². The number of nitrogens with two attached hydrogens (primary N) is 1. The largest absolute Gasteiger partial charge is 0.350 e. The molecule has 0 fully saturated rings. The van der Waals surface area contributed by atoms with Crippen molar-refractivity contribution < 1.29 is 4.79 Å². The van der Waals surface area contributed by atoms with Crippen molar-refractivity contribution in [3.63, 3.8) is 0 Å². The smallest absolute Gasteiger partial charge is 0.332 e. The molecule has 0 bridgehead atoms. The molecule has 0 heterocycles. The summed E-state index contributed by atoms with van der Waals surface area (Å²) < 4.78 is 0. The molecule has 46 valence electrons. The highest BCUT2D eigenvalue weighted by Gasteiger charge is 1.80. The molecule has 0 aromatic heterocycles. The summed E-state index contributed by atoms with van der Waals surface area (Å²) in [6.45, 7) is 0. The lowest BCUT2D eigenvalue weighted by molar-refractivity contribution is 0.249. The molecule has 0 spiro atoms. The third-order valence-electron chi connectivity index (χ3n) is 0.335. The third-order valence-corrected chi connectivity index (χ3v) is 0.473. The van der Waals surface area contributed by atoms with Gasteiger partial charge in [-0.05, 0) is 0 Å². The quantitative estimate of drug-likeness (QED) is 0.309. The lowest BCUT2D eigenvalue weighted by atomic mass is 10.9. The Hall–Kier alpha value is -0.770. The Morgan fingerprint density at radius 2 is 2.62 bits per heavy atom. The van der Waals surface area contributed by atoms with Gasteiger partial charge in [0.15, 0.2) is 0 Å². The van der Waals surface area contributed by atoms with Gasteiger partial charge in [0, 0.05) is 6.21 Å². The Kier molecular flexibility index (Phi) is 3.97. The maximum Gasteiger partial charge on any atom is 0.332 e. The number of nitrogens with one attached hydrogen (secondary N) is 1. The van der Waals surface area contributed by atoms with E-state index in [1.54, 1.807) is 0 Å². The lowest BCUT2D eigenvalue weighted by Crippen LogP contribution is -2.24. The maximum atomic E-state index is 9.83. The number of hydrogen-bond donors (Lipinski definition) is 2. The predicted octanol–water partition coefficient (Wildman–Crippen LogP) is -0.121. The molecule has 0 atom stereocenters. The van der Waals surface area contributed by atoms with Gasteiger partial charge >= 0.3 is 6.03 Å². The fraction of sp³-hybridized carbons (Fsp3) is 0.333. The number of alkyl halides is 1. The van der Waals surface area contributed by atoms with Crippen LogP contribution in [0.1, 0.15) is 0 Å². The molecule has 0 aliphatic heterocycles. The molecule has 2 amide bonds. The molecular formula is C3H6ClN3O. The second kappa shape index (κ2) is 4.39. The molecule has 0 saturated heterocycles. The first-order valence-electron chi connectivity index (χ1n) is 1.90. The van der Waals surface area contributed by atoms with E-state index in [1.165, 1.54) is 6.21 Å². The molecule has 5 heteroatoms. The van der Waals surface area contributed by atoms with Crippen molar-refractivity contribution in [1.82, 2.24) is 5.43 Å². The van der Waals surface area contributed by atoms with Gasteiger partial charge in [0.1, 0.15) is 0 Å². The van der Waals surface area contributed by atoms with Crippen LogP contribution in [0.2, 0.25) is 0 Å². The Bertz CT molecular complexity index is 103. The van der Waals surface area contributed by atoms with Crippen LogP contribution in [0.3, 0.4) is 0 Å². The normalized spacial score (nSPS) is 9.62. The van der Waals surface area contributed by atoms with Crippen molar-refractivity contribution in [3.05, 3.63) is 0 Å². The highest BCUT2D eigenvalue weighted by Crippen LogP contribution is 1.64. The molecule has 0 rings (SSSR count). The number of carbonyl (C=O) groups excluding carboxylic acids is 1. The van der Waals surface area contributed by atoms with Gasteiger partial charge in [0.25, 0.3) is 0 Å². The van der Waals surface area contributed by atoms with Crippen LogP contribution in [0.25, 0.3) is 0 Å². The average molecular weight is 136 g/mol. The van der Waals surface area contributed by atoms with Crippen molar-refractivity contribution in [1.29, 1.82) is 0 Å². The number of primary amides is 1. The zero-order valence-corrected chi connectivity index (χ0v) is 4.85. The van der Waals surface area contributed by atoms with E-state index in [4.69, 9.17) is 11.6 Å². The van der Waals surface area contributed by atoms with E-state index >= 15 is 0 Å². The summed E-state index contributed by atoms with van der Waals surface area (Å²) in [6, 6.07) is -0.689. The van der Waals surface area contributed by atoms with Gasteiger partial charge in [-0.2, -0.15) is 5.10 Å². The second-order valence-corrected chi connectivity index (χ2v) is 1.25. The fourth-order valence-corrected chi connectivity index (χ4v) is 0.213. The molecule has 3 N–H and O–H groups in total. The van der Waals surface area contributed by atoms with Gasteiger partial charge in [-0.3, -0.25) is 0 Å². The fourth-order valence-electron chi connectivity index (χ4n) is 0.144. The molecule has 0 aromatic rings. The van der Waals surface area contributed by atoms with E-state index in [0.29, 0.717) is 0 Å². The van der Waals surface area contributed by atoms with Gasteiger partial charge in [-0.15, -0.1) is 11.6 Å². The Labute approximate surface area is 51.7 Å². The Balaban J connectivity index is 3.16. The van der Waals surface area contributed by atoms with Crippen LogP contribution in [0, 0.1) is 0 Å². The van der Waals surface area contributed by atoms with Gasteiger partial charge < -0.3 is 5.73 Å². The average Bonchev–Trinajstić information content (AvgIpc) is 1.66. The van der Waals surface area contributed by atoms with Crippen LogP contribution in [-0.4, -0.2) is 18.1 Å². The first-order chi connectivity index (χ1) is 3.77. The zero-order chi connectivity index (χ0) is 6.41. The first kappa shape index (κ1) is 7.23. The second-order valence-electron chi connectivity index (χ2n) is 0.942. The van der Waals surface area contributed by atoms with Crippen molar-refractivity contribution in [2.45, 2.75) is 0 Å². The summed E-state index contributed by atoms with van der Waals surface area (Å²) in [5, 5.41) is 3.31. The van der Waals surface area contributed by atoms with Crippen LogP contribution < -0.4 is 11.2 Å². The van der Waals surface area contributed by atoms with E-state index in [2.05, 4.69) is 10.8 Å². The number of halogens is 1. The summed E-state index contributed by atoms with van der Waals surface area (Å²) in [6.07, 6.45) is 1.33. The van der Waals surface area contributed by atoms with Crippen molar-refractivity contribution in [2.75, 3.05) is 5.88 Å². The number of nitrogens with zero attached hydrogens (tertiary/aromatic N) is 1.